The van der Waals surface area contributed by atoms with Gasteiger partial charge in [-0.2, -0.15) is 0 Å². The van der Waals surface area contributed by atoms with Crippen molar-refractivity contribution >= 4 is 29.7 Å². The molecule has 0 saturated carbocycles. The van der Waals surface area contributed by atoms with Crippen LogP contribution < -0.4 is 11.1 Å². The second kappa shape index (κ2) is 11.6. The lowest BCUT2D eigenvalue weighted by molar-refractivity contribution is -0.154. The molecule has 0 heterocycles. The molecule has 0 saturated heterocycles. The number of nitrogens with two attached hydrogens (primary N) is 1. The van der Waals surface area contributed by atoms with Gasteiger partial charge in [-0.25, -0.2) is 5.06 Å². The Bertz CT molecular complexity index is 612. The molecular weight excluding hydrogens is 358 g/mol. The van der Waals surface area contributed by atoms with Gasteiger partial charge in [0.15, 0.2) is 5.78 Å². The van der Waals surface area contributed by atoms with E-state index in [2.05, 4.69) is 5.32 Å². The van der Waals surface area contributed by atoms with Crippen molar-refractivity contribution in [1.29, 1.82) is 0 Å². The fourth-order valence-electron chi connectivity index (χ4n) is 2.56. The summed E-state index contributed by atoms with van der Waals surface area (Å²) in [7, 11) is 0. The van der Waals surface area contributed by atoms with Crippen molar-refractivity contribution in [3.63, 3.8) is 0 Å². The molecule has 0 aliphatic carbocycles. The number of benzene rings is 1. The van der Waals surface area contributed by atoms with Gasteiger partial charge in [0.25, 0.3) is 0 Å². The van der Waals surface area contributed by atoms with E-state index in [-0.39, 0.29) is 37.6 Å². The summed E-state index contributed by atoms with van der Waals surface area (Å²) in [4.78, 5) is 34.9. The number of nitrogens with zero attached hydrogens (tertiary/aromatic N) is 1. The predicted molar refractivity (Wildman–Crippen MR) is 98.6 cm³/mol. The first-order valence-electron chi connectivity index (χ1n) is 8.59. The van der Waals surface area contributed by atoms with Crippen LogP contribution in [0.3, 0.4) is 0 Å². The highest BCUT2D eigenvalue weighted by Crippen LogP contribution is 2.23. The minimum Gasteiger partial charge on any atom is -0.349 e. The van der Waals surface area contributed by atoms with E-state index >= 15 is 0 Å². The Morgan fingerprint density at radius 1 is 1.38 bits per heavy atom. The first-order chi connectivity index (χ1) is 12.4. The number of carbonyl (C=O) groups is 3. The molecule has 2 atom stereocenters. The van der Waals surface area contributed by atoms with Crippen LogP contribution in [-0.4, -0.2) is 41.5 Å². The van der Waals surface area contributed by atoms with Crippen molar-refractivity contribution < 1.29 is 19.6 Å². The van der Waals surface area contributed by atoms with Crippen LogP contribution in [0.5, 0.6) is 0 Å². The largest absolute Gasteiger partial charge is 0.349 e. The van der Waals surface area contributed by atoms with Gasteiger partial charge in [-0.15, -0.1) is 0 Å². The smallest absolute Gasteiger partial charge is 0.233 e. The average molecular weight is 384 g/mol. The predicted octanol–water partition coefficient (Wildman–Crippen LogP) is 2.07. The minimum atomic E-state index is -0.574. The molecule has 0 spiro atoms. The lowest BCUT2D eigenvalue weighted by atomic mass is 10.00. The number of hydrogen-bond acceptors (Lipinski definition) is 5. The number of hydroxylamine groups is 2. The van der Waals surface area contributed by atoms with Crippen molar-refractivity contribution in [2.24, 2.45) is 11.7 Å². The van der Waals surface area contributed by atoms with E-state index in [1.807, 2.05) is 6.92 Å². The molecule has 7 nitrogen and oxygen atoms in total. The number of rotatable bonds is 12. The number of unbranched alkanes of at least 4 members (excludes halogenated alkanes) is 1. The molecule has 1 rings (SSSR count). The summed E-state index contributed by atoms with van der Waals surface area (Å²) in [6.07, 6.45) is 2.46. The minimum absolute atomic E-state index is 0.0457. The maximum absolute atomic E-state index is 12.2. The summed E-state index contributed by atoms with van der Waals surface area (Å²) in [5, 5.41) is 12.8. The van der Waals surface area contributed by atoms with E-state index in [1.54, 1.807) is 24.3 Å². The second-order valence-corrected chi connectivity index (χ2v) is 6.56. The highest BCUT2D eigenvalue weighted by Gasteiger charge is 2.21. The van der Waals surface area contributed by atoms with Gasteiger partial charge in [-0.05, 0) is 18.1 Å². The summed E-state index contributed by atoms with van der Waals surface area (Å²) in [5.41, 5.74) is 6.69. The lowest BCUT2D eigenvalue weighted by Gasteiger charge is -2.19. The Balaban J connectivity index is 2.53. The fourth-order valence-corrected chi connectivity index (χ4v) is 2.83. The molecule has 144 valence electrons. The topological polar surface area (TPSA) is 113 Å². The molecule has 0 bridgehead atoms. The Hall–Kier alpha value is -1.96. The molecule has 0 radical (unpaired) electrons. The molecule has 4 N–H and O–H groups in total. The molecule has 8 heteroatoms. The summed E-state index contributed by atoms with van der Waals surface area (Å²) in [6.45, 7) is 1.71. The number of Topliss-reactive ketones (excluding diaryl/α,β-unsaturated/α-hetero) is 1. The Morgan fingerprint density at radius 2 is 2.08 bits per heavy atom. The molecular formula is C18H26ClN3O4. The summed E-state index contributed by atoms with van der Waals surface area (Å²) >= 11 is 6.06. The fraction of sp³-hybridized carbons (Fsp3) is 0.500. The normalized spacial score (nSPS) is 12.9. The monoisotopic (exact) mass is 383 g/mol. The second-order valence-electron chi connectivity index (χ2n) is 6.16. The molecule has 2 amide bonds. The third-order valence-electron chi connectivity index (χ3n) is 4.02. The average Bonchev–Trinajstić information content (AvgIpc) is 2.63. The van der Waals surface area contributed by atoms with Crippen LogP contribution in [0.2, 0.25) is 5.02 Å². The quantitative estimate of drug-likeness (QED) is 0.290. The zero-order valence-corrected chi connectivity index (χ0v) is 15.6. The number of hydrogen-bond donors (Lipinski definition) is 3. The molecule has 0 fully saturated rings. The summed E-state index contributed by atoms with van der Waals surface area (Å²) in [6, 6.07) is 6.48. The van der Waals surface area contributed by atoms with Crippen molar-refractivity contribution in [2.75, 3.05) is 13.1 Å². The van der Waals surface area contributed by atoms with Gasteiger partial charge in [0, 0.05) is 17.5 Å². The maximum atomic E-state index is 12.2. The van der Waals surface area contributed by atoms with Crippen molar-refractivity contribution in [3.8, 4) is 0 Å². The first-order valence-corrected chi connectivity index (χ1v) is 8.97. The van der Waals surface area contributed by atoms with Crippen LogP contribution in [0.4, 0.5) is 0 Å². The molecule has 2 unspecified atom stereocenters. The Morgan fingerprint density at radius 3 is 2.69 bits per heavy atom. The maximum Gasteiger partial charge on any atom is 0.233 e. The third-order valence-corrected chi connectivity index (χ3v) is 4.36. The molecule has 0 aromatic heterocycles. The van der Waals surface area contributed by atoms with E-state index in [4.69, 9.17) is 17.3 Å². The van der Waals surface area contributed by atoms with E-state index < -0.39 is 12.0 Å². The highest BCUT2D eigenvalue weighted by atomic mass is 35.5. The molecule has 26 heavy (non-hydrogen) atoms. The first kappa shape index (κ1) is 22.1. The lowest BCUT2D eigenvalue weighted by Crippen LogP contribution is -2.40. The molecule has 1 aromatic carbocycles. The van der Waals surface area contributed by atoms with Crippen LogP contribution in [0.15, 0.2) is 24.3 Å². The van der Waals surface area contributed by atoms with Crippen molar-refractivity contribution in [3.05, 3.63) is 34.9 Å². The van der Waals surface area contributed by atoms with Gasteiger partial charge in [0.05, 0.1) is 19.0 Å². The van der Waals surface area contributed by atoms with Gasteiger partial charge in [-0.1, -0.05) is 49.6 Å². The number of ketones is 1. The van der Waals surface area contributed by atoms with Crippen LogP contribution >= 0.6 is 11.6 Å². The summed E-state index contributed by atoms with van der Waals surface area (Å²) in [5.74, 6) is -1.18. The van der Waals surface area contributed by atoms with Crippen LogP contribution in [0.1, 0.15) is 44.2 Å². The number of nitrogens with one attached hydrogen (secondary N) is 1. The van der Waals surface area contributed by atoms with Gasteiger partial charge in [0.2, 0.25) is 12.3 Å². The van der Waals surface area contributed by atoms with Gasteiger partial charge < -0.3 is 11.1 Å². The standard InChI is InChI=1S/C18H26ClN3O4/c1-2-3-6-13(11-22(26)12-23)18(25)21-10-14(24)9-17(20)15-7-4-5-8-16(15)19/h4-5,7-8,12-13,17,26H,2-3,6,9-11,20H2,1H3,(H,21,25). The SMILES string of the molecule is CCCCC(CN(O)C=O)C(=O)NCC(=O)CC(N)c1ccccc1Cl. The molecule has 1 aromatic rings. The van der Waals surface area contributed by atoms with E-state index in [1.165, 1.54) is 0 Å². The Kier molecular flexibility index (Phi) is 9.87. The summed E-state index contributed by atoms with van der Waals surface area (Å²) < 4.78 is 0. The zero-order chi connectivity index (χ0) is 19.5. The molecule has 0 aliphatic rings. The molecule has 0 aliphatic heterocycles. The zero-order valence-electron chi connectivity index (χ0n) is 14.9. The highest BCUT2D eigenvalue weighted by molar-refractivity contribution is 6.31. The van der Waals surface area contributed by atoms with Gasteiger partial charge in [-0.3, -0.25) is 19.6 Å². The van der Waals surface area contributed by atoms with Crippen LogP contribution in [-0.2, 0) is 14.4 Å². The number of carbonyl (C=O) groups excluding carboxylic acids is 3. The van der Waals surface area contributed by atoms with E-state index in [9.17, 15) is 19.6 Å². The van der Waals surface area contributed by atoms with Crippen molar-refractivity contribution in [2.45, 2.75) is 38.6 Å². The van der Waals surface area contributed by atoms with Crippen LogP contribution in [0.25, 0.3) is 0 Å². The van der Waals surface area contributed by atoms with Gasteiger partial charge >= 0.3 is 0 Å². The Labute approximate surface area is 158 Å². The van der Waals surface area contributed by atoms with E-state index in [0.717, 1.165) is 12.8 Å². The third kappa shape index (κ3) is 7.51. The number of amides is 2. The van der Waals surface area contributed by atoms with Crippen LogP contribution in [0, 0.1) is 5.92 Å². The van der Waals surface area contributed by atoms with E-state index in [0.29, 0.717) is 22.1 Å². The number of halogens is 1. The van der Waals surface area contributed by atoms with Gasteiger partial charge in [0.1, 0.15) is 0 Å². The van der Waals surface area contributed by atoms with Crippen molar-refractivity contribution in [1.82, 2.24) is 10.4 Å².